The summed E-state index contributed by atoms with van der Waals surface area (Å²) in [6, 6.07) is 6.36. The summed E-state index contributed by atoms with van der Waals surface area (Å²) in [6.07, 6.45) is 0.735. The molecule has 0 atom stereocenters. The van der Waals surface area contributed by atoms with Crippen molar-refractivity contribution in [3.05, 3.63) is 51.6 Å². The lowest BCUT2D eigenvalue weighted by atomic mass is 10.4. The molecule has 0 radical (unpaired) electrons. The summed E-state index contributed by atoms with van der Waals surface area (Å²) >= 11 is 1.47. The molecule has 3 heterocycles. The van der Waals surface area contributed by atoms with Gasteiger partial charge < -0.3 is 9.15 Å². The zero-order chi connectivity index (χ0) is 16.9. The SMILES string of the molecule is CCCn1nc(C(=O)OCc2nnc(-c3cccs3)o2)ccc1=O. The molecular weight excluding hydrogens is 332 g/mol. The van der Waals surface area contributed by atoms with Crippen molar-refractivity contribution in [3.63, 3.8) is 0 Å². The van der Waals surface area contributed by atoms with Crippen LogP contribution in [0.1, 0.15) is 29.7 Å². The van der Waals surface area contributed by atoms with Gasteiger partial charge in [-0.05, 0) is 23.9 Å². The first kappa shape index (κ1) is 16.1. The van der Waals surface area contributed by atoms with Gasteiger partial charge >= 0.3 is 5.97 Å². The highest BCUT2D eigenvalue weighted by Gasteiger charge is 2.14. The van der Waals surface area contributed by atoms with E-state index in [-0.39, 0.29) is 23.8 Å². The number of hydrogen-bond acceptors (Lipinski definition) is 8. The van der Waals surface area contributed by atoms with E-state index < -0.39 is 5.97 Å². The maximum atomic E-state index is 12.0. The van der Waals surface area contributed by atoms with Crippen LogP contribution in [-0.2, 0) is 17.9 Å². The van der Waals surface area contributed by atoms with Gasteiger partial charge in [-0.3, -0.25) is 4.79 Å². The molecule has 0 aromatic carbocycles. The second kappa shape index (κ2) is 7.18. The van der Waals surface area contributed by atoms with Gasteiger partial charge in [-0.25, -0.2) is 9.48 Å². The fraction of sp³-hybridized carbons (Fsp3) is 0.267. The highest BCUT2D eigenvalue weighted by molar-refractivity contribution is 7.13. The summed E-state index contributed by atoms with van der Waals surface area (Å²) < 4.78 is 11.8. The zero-order valence-electron chi connectivity index (χ0n) is 12.8. The average Bonchev–Trinajstić information content (AvgIpc) is 3.26. The van der Waals surface area contributed by atoms with Crippen molar-refractivity contribution in [1.82, 2.24) is 20.0 Å². The molecular formula is C15H14N4O4S. The van der Waals surface area contributed by atoms with Crippen LogP contribution < -0.4 is 5.56 Å². The number of esters is 1. The minimum absolute atomic E-state index is 0.0565. The van der Waals surface area contributed by atoms with Crippen molar-refractivity contribution in [1.29, 1.82) is 0 Å². The van der Waals surface area contributed by atoms with E-state index in [2.05, 4.69) is 15.3 Å². The predicted octanol–water partition coefficient (Wildman–Crippen LogP) is 2.12. The lowest BCUT2D eigenvalue weighted by molar-refractivity contribution is 0.0428. The number of nitrogens with zero attached hydrogens (tertiary/aromatic N) is 4. The van der Waals surface area contributed by atoms with Gasteiger partial charge in [0.05, 0.1) is 4.88 Å². The van der Waals surface area contributed by atoms with Crippen molar-refractivity contribution < 1.29 is 13.9 Å². The lowest BCUT2D eigenvalue weighted by Crippen LogP contribution is -2.24. The standard InChI is InChI=1S/C15H14N4O4S/c1-2-7-19-13(20)6-5-10(18-19)15(21)22-9-12-16-17-14(23-12)11-4-3-8-24-11/h3-6,8H,2,7,9H2,1H3. The summed E-state index contributed by atoms with van der Waals surface area (Å²) in [4.78, 5) is 24.5. The molecule has 0 aliphatic rings. The number of aryl methyl sites for hydroxylation is 1. The van der Waals surface area contributed by atoms with Crippen LogP contribution in [0.4, 0.5) is 0 Å². The Balaban J connectivity index is 1.65. The van der Waals surface area contributed by atoms with Crippen LogP contribution in [0.5, 0.6) is 0 Å². The highest BCUT2D eigenvalue weighted by atomic mass is 32.1. The summed E-state index contributed by atoms with van der Waals surface area (Å²) in [5, 5.41) is 13.6. The Morgan fingerprint density at radius 1 is 1.33 bits per heavy atom. The Kier molecular flexibility index (Phi) is 4.80. The van der Waals surface area contributed by atoms with E-state index in [1.54, 1.807) is 0 Å². The Morgan fingerprint density at radius 3 is 2.96 bits per heavy atom. The minimum Gasteiger partial charge on any atom is -0.451 e. The number of rotatable bonds is 6. The van der Waals surface area contributed by atoms with E-state index in [9.17, 15) is 9.59 Å². The molecule has 3 aromatic rings. The molecule has 9 heteroatoms. The third-order valence-corrected chi connectivity index (χ3v) is 3.89. The van der Waals surface area contributed by atoms with Gasteiger partial charge in [-0.15, -0.1) is 21.5 Å². The molecule has 0 aliphatic carbocycles. The topological polar surface area (TPSA) is 100 Å². The second-order valence-electron chi connectivity index (χ2n) is 4.83. The lowest BCUT2D eigenvalue weighted by Gasteiger charge is -2.05. The van der Waals surface area contributed by atoms with Crippen LogP contribution in [0.15, 0.2) is 38.9 Å². The van der Waals surface area contributed by atoms with E-state index in [0.29, 0.717) is 12.4 Å². The number of carbonyl (C=O) groups excluding carboxylic acids is 1. The second-order valence-corrected chi connectivity index (χ2v) is 5.78. The molecule has 0 saturated heterocycles. The van der Waals surface area contributed by atoms with E-state index in [1.807, 2.05) is 24.4 Å². The zero-order valence-corrected chi connectivity index (χ0v) is 13.7. The van der Waals surface area contributed by atoms with E-state index in [1.165, 1.54) is 28.2 Å². The van der Waals surface area contributed by atoms with Gasteiger partial charge in [0.25, 0.3) is 17.3 Å². The van der Waals surface area contributed by atoms with Gasteiger partial charge in [-0.1, -0.05) is 13.0 Å². The number of thiophene rings is 1. The van der Waals surface area contributed by atoms with Crippen LogP contribution in [0.2, 0.25) is 0 Å². The van der Waals surface area contributed by atoms with Crippen molar-refractivity contribution in [2.75, 3.05) is 0 Å². The summed E-state index contributed by atoms with van der Waals surface area (Å²) in [7, 11) is 0. The predicted molar refractivity (Wildman–Crippen MR) is 85.5 cm³/mol. The third kappa shape index (κ3) is 3.57. The quantitative estimate of drug-likeness (QED) is 0.630. The van der Waals surface area contributed by atoms with Gasteiger partial charge in [0.2, 0.25) is 0 Å². The average molecular weight is 346 g/mol. The van der Waals surface area contributed by atoms with Crippen LogP contribution >= 0.6 is 11.3 Å². The minimum atomic E-state index is -0.657. The van der Waals surface area contributed by atoms with Crippen molar-refractivity contribution in [2.45, 2.75) is 26.5 Å². The van der Waals surface area contributed by atoms with E-state index in [0.717, 1.165) is 11.3 Å². The summed E-state index contributed by atoms with van der Waals surface area (Å²) in [6.45, 7) is 2.19. The molecule has 0 aliphatic heterocycles. The molecule has 0 unspecified atom stereocenters. The Hall–Kier alpha value is -2.81. The van der Waals surface area contributed by atoms with Gasteiger partial charge in [0, 0.05) is 12.6 Å². The van der Waals surface area contributed by atoms with Gasteiger partial charge in [0.15, 0.2) is 12.3 Å². The molecule has 3 rings (SSSR count). The molecule has 0 bridgehead atoms. The highest BCUT2D eigenvalue weighted by Crippen LogP contribution is 2.23. The van der Waals surface area contributed by atoms with Gasteiger partial charge in [0.1, 0.15) is 0 Å². The van der Waals surface area contributed by atoms with Crippen molar-refractivity contribution in [2.24, 2.45) is 0 Å². The first-order valence-corrected chi connectivity index (χ1v) is 8.17. The summed E-state index contributed by atoms with van der Waals surface area (Å²) in [5.74, 6) is -0.0879. The molecule has 0 N–H and O–H groups in total. The Bertz CT molecular complexity index is 885. The fourth-order valence-electron chi connectivity index (χ4n) is 1.94. The Labute approximate surface area is 140 Å². The third-order valence-electron chi connectivity index (χ3n) is 3.04. The van der Waals surface area contributed by atoms with Crippen molar-refractivity contribution in [3.8, 4) is 10.8 Å². The molecule has 0 spiro atoms. The van der Waals surface area contributed by atoms with Crippen LogP contribution in [0.25, 0.3) is 10.8 Å². The maximum absolute atomic E-state index is 12.0. The molecule has 8 nitrogen and oxygen atoms in total. The van der Waals surface area contributed by atoms with Crippen LogP contribution in [0, 0.1) is 0 Å². The number of carbonyl (C=O) groups is 1. The normalized spacial score (nSPS) is 10.7. The number of aromatic nitrogens is 4. The monoisotopic (exact) mass is 346 g/mol. The molecule has 24 heavy (non-hydrogen) atoms. The number of hydrogen-bond donors (Lipinski definition) is 0. The first-order valence-electron chi connectivity index (χ1n) is 7.29. The summed E-state index contributed by atoms with van der Waals surface area (Å²) in [5.41, 5.74) is -0.202. The van der Waals surface area contributed by atoms with Gasteiger partial charge in [-0.2, -0.15) is 5.10 Å². The van der Waals surface area contributed by atoms with E-state index in [4.69, 9.17) is 9.15 Å². The molecule has 3 aromatic heterocycles. The largest absolute Gasteiger partial charge is 0.451 e. The number of ether oxygens (including phenoxy) is 1. The smallest absolute Gasteiger partial charge is 0.359 e. The van der Waals surface area contributed by atoms with E-state index >= 15 is 0 Å². The molecule has 0 saturated carbocycles. The molecule has 124 valence electrons. The van der Waals surface area contributed by atoms with Crippen molar-refractivity contribution >= 4 is 17.3 Å². The molecule has 0 fully saturated rings. The first-order chi connectivity index (χ1) is 11.7. The maximum Gasteiger partial charge on any atom is 0.359 e. The molecule has 0 amide bonds. The van der Waals surface area contributed by atoms with Crippen LogP contribution in [-0.4, -0.2) is 25.9 Å². The Morgan fingerprint density at radius 2 is 2.21 bits per heavy atom. The fourth-order valence-corrected chi connectivity index (χ4v) is 2.59. The van der Waals surface area contributed by atoms with Crippen LogP contribution in [0.3, 0.4) is 0 Å².